The monoisotopic (exact) mass is 334 g/mol. The van der Waals surface area contributed by atoms with Gasteiger partial charge in [0.1, 0.15) is 11.5 Å². The Morgan fingerprint density at radius 2 is 2.15 bits per heavy atom. The van der Waals surface area contributed by atoms with Gasteiger partial charge < -0.3 is 10.6 Å². The molecule has 0 aliphatic carbocycles. The van der Waals surface area contributed by atoms with E-state index >= 15 is 0 Å². The molecule has 0 bridgehead atoms. The van der Waals surface area contributed by atoms with Crippen molar-refractivity contribution in [3.8, 4) is 0 Å². The van der Waals surface area contributed by atoms with Gasteiger partial charge in [-0.15, -0.1) is 0 Å². The van der Waals surface area contributed by atoms with E-state index in [9.17, 15) is 4.79 Å². The minimum absolute atomic E-state index is 0.279. The van der Waals surface area contributed by atoms with E-state index in [4.69, 9.17) is 0 Å². The second-order valence-corrected chi connectivity index (χ2v) is 5.04. The summed E-state index contributed by atoms with van der Waals surface area (Å²) in [6.07, 6.45) is 3.04. The second kappa shape index (κ2) is 6.47. The molecule has 0 atom stereocenters. The van der Waals surface area contributed by atoms with Crippen LogP contribution in [0.4, 0.5) is 11.5 Å². The maximum absolute atomic E-state index is 12.2. The molecular weight excluding hydrogens is 320 g/mol. The molecule has 0 radical (unpaired) electrons. The molecular formula is C14H15BrN4O. The van der Waals surface area contributed by atoms with Crippen molar-refractivity contribution in [2.75, 3.05) is 17.2 Å². The van der Waals surface area contributed by atoms with E-state index < -0.39 is 0 Å². The first-order valence-corrected chi connectivity index (χ1v) is 7.03. The van der Waals surface area contributed by atoms with Crippen molar-refractivity contribution in [1.29, 1.82) is 0 Å². The van der Waals surface area contributed by atoms with Crippen LogP contribution in [-0.2, 0) is 0 Å². The number of benzene rings is 1. The number of amides is 1. The summed E-state index contributed by atoms with van der Waals surface area (Å²) in [5.41, 5.74) is 2.00. The number of aromatic nitrogens is 2. The number of hydrogen-bond donors (Lipinski definition) is 2. The Balaban J connectivity index is 2.19. The molecule has 1 heterocycles. The summed E-state index contributed by atoms with van der Waals surface area (Å²) in [4.78, 5) is 20.4. The fourth-order valence-corrected chi connectivity index (χ4v) is 2.04. The average molecular weight is 335 g/mol. The summed E-state index contributed by atoms with van der Waals surface area (Å²) in [6.45, 7) is 4.62. The Kier molecular flexibility index (Phi) is 4.68. The Morgan fingerprint density at radius 1 is 1.35 bits per heavy atom. The van der Waals surface area contributed by atoms with Crippen molar-refractivity contribution in [2.24, 2.45) is 0 Å². The van der Waals surface area contributed by atoms with Crippen LogP contribution < -0.4 is 10.6 Å². The van der Waals surface area contributed by atoms with Crippen LogP contribution >= 0.6 is 15.9 Å². The average Bonchev–Trinajstić information content (AvgIpc) is 2.44. The van der Waals surface area contributed by atoms with Gasteiger partial charge in [-0.3, -0.25) is 9.78 Å². The normalized spacial score (nSPS) is 10.2. The van der Waals surface area contributed by atoms with Crippen LogP contribution in [0.3, 0.4) is 0 Å². The van der Waals surface area contributed by atoms with Gasteiger partial charge in [-0.1, -0.05) is 22.0 Å². The molecule has 0 saturated heterocycles. The third-order valence-electron chi connectivity index (χ3n) is 2.74. The van der Waals surface area contributed by atoms with Gasteiger partial charge in [0.05, 0.1) is 12.4 Å². The summed E-state index contributed by atoms with van der Waals surface area (Å²) >= 11 is 3.44. The standard InChI is InChI=1S/C14H15BrN4O/c1-3-17-13-8-16-7-12(18-13)14(20)19-11-6-4-5-10(15)9(11)2/h4-8H,3H2,1-2H3,(H,17,18)(H,19,20). The van der Waals surface area contributed by atoms with Gasteiger partial charge in [-0.25, -0.2) is 4.98 Å². The smallest absolute Gasteiger partial charge is 0.275 e. The van der Waals surface area contributed by atoms with Crippen molar-refractivity contribution >= 4 is 33.3 Å². The Hall–Kier alpha value is -1.95. The van der Waals surface area contributed by atoms with E-state index in [-0.39, 0.29) is 11.6 Å². The predicted octanol–water partition coefficient (Wildman–Crippen LogP) is 3.23. The first-order valence-electron chi connectivity index (χ1n) is 6.24. The van der Waals surface area contributed by atoms with Crippen molar-refractivity contribution in [2.45, 2.75) is 13.8 Å². The van der Waals surface area contributed by atoms with Crippen LogP contribution in [0.15, 0.2) is 35.1 Å². The Bertz CT molecular complexity index is 630. The zero-order valence-corrected chi connectivity index (χ0v) is 12.9. The molecule has 0 aliphatic rings. The Labute approximate surface area is 126 Å². The zero-order chi connectivity index (χ0) is 14.5. The first-order chi connectivity index (χ1) is 9.61. The van der Waals surface area contributed by atoms with E-state index in [2.05, 4.69) is 36.5 Å². The van der Waals surface area contributed by atoms with Crippen LogP contribution in [0.1, 0.15) is 23.0 Å². The summed E-state index contributed by atoms with van der Waals surface area (Å²) in [5.74, 6) is 0.310. The van der Waals surface area contributed by atoms with Crippen LogP contribution in [0.25, 0.3) is 0 Å². The highest BCUT2D eigenvalue weighted by molar-refractivity contribution is 9.10. The lowest BCUT2D eigenvalue weighted by atomic mass is 10.2. The lowest BCUT2D eigenvalue weighted by Gasteiger charge is -2.09. The fraction of sp³-hybridized carbons (Fsp3) is 0.214. The van der Waals surface area contributed by atoms with Crippen molar-refractivity contribution in [3.63, 3.8) is 0 Å². The van der Waals surface area contributed by atoms with Gasteiger partial charge in [0.2, 0.25) is 0 Å². The largest absolute Gasteiger partial charge is 0.369 e. The molecule has 0 aliphatic heterocycles. The number of hydrogen-bond acceptors (Lipinski definition) is 4. The van der Waals surface area contributed by atoms with Gasteiger partial charge in [0, 0.05) is 16.7 Å². The van der Waals surface area contributed by atoms with E-state index in [0.29, 0.717) is 5.82 Å². The van der Waals surface area contributed by atoms with E-state index in [1.807, 2.05) is 32.0 Å². The SMILES string of the molecule is CCNc1cncc(C(=O)Nc2cccc(Br)c2C)n1. The van der Waals surface area contributed by atoms with Gasteiger partial charge >= 0.3 is 0 Å². The Morgan fingerprint density at radius 3 is 2.90 bits per heavy atom. The molecule has 0 unspecified atom stereocenters. The zero-order valence-electron chi connectivity index (χ0n) is 11.3. The molecule has 0 fully saturated rings. The molecule has 104 valence electrons. The highest BCUT2D eigenvalue weighted by atomic mass is 79.9. The summed E-state index contributed by atoms with van der Waals surface area (Å²) in [5, 5.41) is 5.86. The number of anilines is 2. The molecule has 2 aromatic rings. The minimum atomic E-state index is -0.279. The van der Waals surface area contributed by atoms with E-state index in [1.165, 1.54) is 6.20 Å². The number of halogens is 1. The number of nitrogens with zero attached hydrogens (tertiary/aromatic N) is 2. The first kappa shape index (κ1) is 14.5. The van der Waals surface area contributed by atoms with Gasteiger partial charge in [-0.05, 0) is 31.5 Å². The molecule has 6 heteroatoms. The third-order valence-corrected chi connectivity index (χ3v) is 3.60. The second-order valence-electron chi connectivity index (χ2n) is 4.19. The molecule has 2 N–H and O–H groups in total. The van der Waals surface area contributed by atoms with Crippen LogP contribution in [-0.4, -0.2) is 22.4 Å². The molecule has 0 spiro atoms. The minimum Gasteiger partial charge on any atom is -0.369 e. The van der Waals surface area contributed by atoms with Crippen molar-refractivity contribution in [3.05, 3.63) is 46.3 Å². The van der Waals surface area contributed by atoms with Crippen LogP contribution in [0.5, 0.6) is 0 Å². The molecule has 1 aromatic carbocycles. The van der Waals surface area contributed by atoms with Crippen molar-refractivity contribution in [1.82, 2.24) is 9.97 Å². The lowest BCUT2D eigenvalue weighted by Crippen LogP contribution is -2.16. The van der Waals surface area contributed by atoms with E-state index in [0.717, 1.165) is 22.3 Å². The summed E-state index contributed by atoms with van der Waals surface area (Å²) < 4.78 is 0.947. The molecule has 1 amide bonds. The number of carbonyl (C=O) groups is 1. The van der Waals surface area contributed by atoms with Crippen LogP contribution in [0.2, 0.25) is 0 Å². The van der Waals surface area contributed by atoms with Gasteiger partial charge in [-0.2, -0.15) is 0 Å². The maximum Gasteiger partial charge on any atom is 0.275 e. The van der Waals surface area contributed by atoms with Crippen LogP contribution in [0, 0.1) is 6.92 Å². The fourth-order valence-electron chi connectivity index (χ4n) is 1.67. The topological polar surface area (TPSA) is 66.9 Å². The molecule has 20 heavy (non-hydrogen) atoms. The predicted molar refractivity (Wildman–Crippen MR) is 83.0 cm³/mol. The molecule has 2 rings (SSSR count). The molecule has 5 nitrogen and oxygen atoms in total. The van der Waals surface area contributed by atoms with Gasteiger partial charge in [0.25, 0.3) is 5.91 Å². The quantitative estimate of drug-likeness (QED) is 0.900. The number of nitrogens with one attached hydrogen (secondary N) is 2. The lowest BCUT2D eigenvalue weighted by molar-refractivity contribution is 0.102. The highest BCUT2D eigenvalue weighted by Crippen LogP contribution is 2.23. The summed E-state index contributed by atoms with van der Waals surface area (Å²) in [6, 6.07) is 5.64. The summed E-state index contributed by atoms with van der Waals surface area (Å²) in [7, 11) is 0. The third kappa shape index (κ3) is 3.33. The maximum atomic E-state index is 12.2. The molecule has 1 aromatic heterocycles. The highest BCUT2D eigenvalue weighted by Gasteiger charge is 2.11. The molecule has 0 saturated carbocycles. The van der Waals surface area contributed by atoms with Gasteiger partial charge in [0.15, 0.2) is 0 Å². The number of rotatable bonds is 4. The number of carbonyl (C=O) groups excluding carboxylic acids is 1. The van der Waals surface area contributed by atoms with Crippen molar-refractivity contribution < 1.29 is 4.79 Å². The van der Waals surface area contributed by atoms with E-state index in [1.54, 1.807) is 6.20 Å².